The maximum atomic E-state index is 4.88. The van der Waals surface area contributed by atoms with Gasteiger partial charge in [0.25, 0.3) is 0 Å². The van der Waals surface area contributed by atoms with Crippen LogP contribution in [0.15, 0.2) is 33.8 Å². The van der Waals surface area contributed by atoms with Crippen LogP contribution in [-0.2, 0) is 6.42 Å². The third-order valence-electron chi connectivity index (χ3n) is 1.83. The summed E-state index contributed by atoms with van der Waals surface area (Å²) in [6.45, 7) is 0.741. The highest BCUT2D eigenvalue weighted by Crippen LogP contribution is 2.19. The van der Waals surface area contributed by atoms with Crippen molar-refractivity contribution in [1.29, 1.82) is 0 Å². The number of pyridine rings is 1. The zero-order valence-electron chi connectivity index (χ0n) is 7.85. The van der Waals surface area contributed by atoms with Crippen molar-refractivity contribution < 1.29 is 4.52 Å². The van der Waals surface area contributed by atoms with Crippen LogP contribution in [-0.4, -0.2) is 21.7 Å². The van der Waals surface area contributed by atoms with Crippen LogP contribution in [0.4, 0.5) is 5.69 Å². The van der Waals surface area contributed by atoms with Gasteiger partial charge in [0, 0.05) is 25.4 Å². The molecule has 0 amide bonds. The van der Waals surface area contributed by atoms with Gasteiger partial charge in [0.05, 0.1) is 10.2 Å². The van der Waals surface area contributed by atoms with Gasteiger partial charge in [-0.15, -0.1) is 0 Å². The maximum absolute atomic E-state index is 4.88. The Morgan fingerprint density at radius 2 is 2.40 bits per heavy atom. The standard InChI is InChI=1S/C9H9BrN4O/c10-7-5-11-3-1-8(7)12-4-2-9-13-6-14-15-9/h1,3,5-6H,2,4H2,(H,11,12). The van der Waals surface area contributed by atoms with E-state index in [0.717, 1.165) is 16.7 Å². The van der Waals surface area contributed by atoms with E-state index in [1.165, 1.54) is 6.33 Å². The summed E-state index contributed by atoms with van der Waals surface area (Å²) >= 11 is 3.40. The number of anilines is 1. The fourth-order valence-electron chi connectivity index (χ4n) is 1.13. The molecule has 0 fully saturated rings. The molecule has 0 spiro atoms. The summed E-state index contributed by atoms with van der Waals surface area (Å²) in [6, 6.07) is 1.90. The Bertz CT molecular complexity index is 418. The van der Waals surface area contributed by atoms with Gasteiger partial charge in [-0.1, -0.05) is 5.16 Å². The smallest absolute Gasteiger partial charge is 0.228 e. The zero-order chi connectivity index (χ0) is 10.5. The normalized spacial score (nSPS) is 10.2. The molecule has 0 aliphatic rings. The second kappa shape index (κ2) is 4.88. The number of nitrogens with one attached hydrogen (secondary N) is 1. The molecule has 15 heavy (non-hydrogen) atoms. The van der Waals surface area contributed by atoms with Gasteiger partial charge >= 0.3 is 0 Å². The van der Waals surface area contributed by atoms with Crippen LogP contribution in [0.25, 0.3) is 0 Å². The molecule has 2 heterocycles. The van der Waals surface area contributed by atoms with E-state index in [1.807, 2.05) is 6.07 Å². The second-order valence-corrected chi connectivity index (χ2v) is 3.72. The lowest BCUT2D eigenvalue weighted by molar-refractivity contribution is 0.380. The maximum Gasteiger partial charge on any atom is 0.228 e. The molecular weight excluding hydrogens is 260 g/mol. The van der Waals surface area contributed by atoms with Crippen molar-refractivity contribution in [1.82, 2.24) is 15.1 Å². The second-order valence-electron chi connectivity index (χ2n) is 2.87. The molecule has 0 aliphatic heterocycles. The van der Waals surface area contributed by atoms with Gasteiger partial charge in [0.15, 0.2) is 6.33 Å². The largest absolute Gasteiger partial charge is 0.384 e. The molecule has 2 aromatic rings. The van der Waals surface area contributed by atoms with E-state index < -0.39 is 0 Å². The number of hydrogen-bond acceptors (Lipinski definition) is 5. The number of nitrogens with zero attached hydrogens (tertiary/aromatic N) is 3. The number of hydrogen-bond donors (Lipinski definition) is 1. The molecule has 0 saturated carbocycles. The summed E-state index contributed by atoms with van der Waals surface area (Å²) in [6.07, 6.45) is 5.58. The summed E-state index contributed by atoms with van der Waals surface area (Å²) < 4.78 is 5.82. The first kappa shape index (κ1) is 10.1. The van der Waals surface area contributed by atoms with Crippen molar-refractivity contribution in [2.45, 2.75) is 6.42 Å². The molecular formula is C9H9BrN4O. The number of aromatic nitrogens is 3. The molecule has 0 radical (unpaired) electrons. The first-order valence-electron chi connectivity index (χ1n) is 4.45. The molecule has 0 atom stereocenters. The van der Waals surface area contributed by atoms with E-state index in [0.29, 0.717) is 12.3 Å². The Labute approximate surface area is 95.0 Å². The topological polar surface area (TPSA) is 63.8 Å². The van der Waals surface area contributed by atoms with E-state index in [4.69, 9.17) is 4.52 Å². The van der Waals surface area contributed by atoms with Crippen LogP contribution >= 0.6 is 15.9 Å². The van der Waals surface area contributed by atoms with Crippen LogP contribution in [0.5, 0.6) is 0 Å². The summed E-state index contributed by atoms with van der Waals surface area (Å²) in [7, 11) is 0. The summed E-state index contributed by atoms with van der Waals surface area (Å²) in [5, 5.41) is 6.77. The van der Waals surface area contributed by atoms with Gasteiger partial charge in [0.1, 0.15) is 0 Å². The third-order valence-corrected chi connectivity index (χ3v) is 2.47. The fourth-order valence-corrected chi connectivity index (χ4v) is 1.52. The summed E-state index contributed by atoms with van der Waals surface area (Å²) in [4.78, 5) is 7.90. The highest BCUT2D eigenvalue weighted by atomic mass is 79.9. The molecule has 6 heteroatoms. The zero-order valence-corrected chi connectivity index (χ0v) is 9.44. The molecule has 2 rings (SSSR count). The number of rotatable bonds is 4. The van der Waals surface area contributed by atoms with Crippen molar-refractivity contribution in [3.05, 3.63) is 35.2 Å². The van der Waals surface area contributed by atoms with E-state index in [-0.39, 0.29) is 0 Å². The molecule has 1 N–H and O–H groups in total. The molecule has 0 unspecified atom stereocenters. The fraction of sp³-hybridized carbons (Fsp3) is 0.222. The average Bonchev–Trinajstić information content (AvgIpc) is 2.74. The van der Waals surface area contributed by atoms with Gasteiger partial charge in [-0.25, -0.2) is 0 Å². The van der Waals surface area contributed by atoms with Crippen LogP contribution in [0.1, 0.15) is 5.89 Å². The quantitative estimate of drug-likeness (QED) is 0.918. The molecule has 0 aromatic carbocycles. The Balaban J connectivity index is 1.86. The SMILES string of the molecule is Brc1cnccc1NCCc1ncno1. The van der Waals surface area contributed by atoms with Crippen molar-refractivity contribution in [3.63, 3.8) is 0 Å². The molecule has 2 aromatic heterocycles. The van der Waals surface area contributed by atoms with Gasteiger partial charge in [-0.2, -0.15) is 4.98 Å². The van der Waals surface area contributed by atoms with E-state index >= 15 is 0 Å². The Hall–Kier alpha value is -1.43. The summed E-state index contributed by atoms with van der Waals surface area (Å²) in [5.41, 5.74) is 1.00. The first-order valence-corrected chi connectivity index (χ1v) is 5.24. The Kier molecular flexibility index (Phi) is 3.29. The minimum atomic E-state index is 0.632. The molecule has 5 nitrogen and oxygen atoms in total. The van der Waals surface area contributed by atoms with Gasteiger partial charge in [-0.05, 0) is 22.0 Å². The van der Waals surface area contributed by atoms with Crippen molar-refractivity contribution in [2.24, 2.45) is 0 Å². The Morgan fingerprint density at radius 1 is 1.47 bits per heavy atom. The van der Waals surface area contributed by atoms with Crippen LogP contribution in [0.3, 0.4) is 0 Å². The van der Waals surface area contributed by atoms with Gasteiger partial charge in [0.2, 0.25) is 5.89 Å². The molecule has 0 aliphatic carbocycles. The van der Waals surface area contributed by atoms with Gasteiger partial charge < -0.3 is 9.84 Å². The minimum absolute atomic E-state index is 0.632. The lowest BCUT2D eigenvalue weighted by atomic mass is 10.3. The lowest BCUT2D eigenvalue weighted by Crippen LogP contribution is -2.05. The minimum Gasteiger partial charge on any atom is -0.384 e. The van der Waals surface area contributed by atoms with Gasteiger partial charge in [-0.3, -0.25) is 4.98 Å². The van der Waals surface area contributed by atoms with E-state index in [2.05, 4.69) is 36.4 Å². The van der Waals surface area contributed by atoms with Crippen LogP contribution in [0.2, 0.25) is 0 Å². The third kappa shape index (κ3) is 2.76. The number of halogens is 1. The molecule has 78 valence electrons. The molecule has 0 saturated heterocycles. The monoisotopic (exact) mass is 268 g/mol. The average molecular weight is 269 g/mol. The predicted molar refractivity (Wildman–Crippen MR) is 58.4 cm³/mol. The molecule has 0 bridgehead atoms. The lowest BCUT2D eigenvalue weighted by Gasteiger charge is -2.05. The summed E-state index contributed by atoms with van der Waals surface area (Å²) in [5.74, 6) is 0.632. The highest BCUT2D eigenvalue weighted by molar-refractivity contribution is 9.10. The van der Waals surface area contributed by atoms with Crippen LogP contribution in [0, 0.1) is 0 Å². The predicted octanol–water partition coefficient (Wildman–Crippen LogP) is 1.88. The van der Waals surface area contributed by atoms with Crippen molar-refractivity contribution >= 4 is 21.6 Å². The Morgan fingerprint density at radius 3 is 3.13 bits per heavy atom. The highest BCUT2D eigenvalue weighted by Gasteiger charge is 2.00. The van der Waals surface area contributed by atoms with Crippen molar-refractivity contribution in [2.75, 3.05) is 11.9 Å². The first-order chi connectivity index (χ1) is 7.36. The van der Waals surface area contributed by atoms with Crippen molar-refractivity contribution in [3.8, 4) is 0 Å². The van der Waals surface area contributed by atoms with Crippen LogP contribution < -0.4 is 5.32 Å². The van der Waals surface area contributed by atoms with E-state index in [9.17, 15) is 0 Å². The van der Waals surface area contributed by atoms with E-state index in [1.54, 1.807) is 12.4 Å².